The standard InChI is InChI=1S/C13H12FNO/c1-10-9-11(14)7-8-13(10)16-15-12-5-3-2-4-6-12/h2-9,15H,1H3. The molecule has 0 unspecified atom stereocenters. The minimum absolute atomic E-state index is 0.260. The normalized spacial score (nSPS) is 9.88. The van der Waals surface area contributed by atoms with Crippen molar-refractivity contribution >= 4 is 5.69 Å². The van der Waals surface area contributed by atoms with Crippen LogP contribution in [0.3, 0.4) is 0 Å². The maximum Gasteiger partial charge on any atom is 0.158 e. The molecule has 0 bridgehead atoms. The monoisotopic (exact) mass is 217 g/mol. The molecule has 0 aromatic heterocycles. The van der Waals surface area contributed by atoms with Crippen molar-refractivity contribution in [2.45, 2.75) is 6.92 Å². The predicted molar refractivity (Wildman–Crippen MR) is 61.8 cm³/mol. The largest absolute Gasteiger partial charge is 0.382 e. The Kier molecular flexibility index (Phi) is 3.05. The molecule has 0 aliphatic heterocycles. The van der Waals surface area contributed by atoms with Crippen LogP contribution in [0.4, 0.5) is 10.1 Å². The van der Waals surface area contributed by atoms with Crippen molar-refractivity contribution in [1.29, 1.82) is 0 Å². The molecule has 16 heavy (non-hydrogen) atoms. The van der Waals surface area contributed by atoms with Crippen molar-refractivity contribution in [1.82, 2.24) is 0 Å². The van der Waals surface area contributed by atoms with E-state index in [0.717, 1.165) is 11.3 Å². The summed E-state index contributed by atoms with van der Waals surface area (Å²) < 4.78 is 12.8. The number of hydrogen-bond acceptors (Lipinski definition) is 2. The van der Waals surface area contributed by atoms with Gasteiger partial charge >= 0.3 is 0 Å². The van der Waals surface area contributed by atoms with E-state index in [9.17, 15) is 4.39 Å². The average Bonchev–Trinajstić information content (AvgIpc) is 2.29. The number of halogens is 1. The van der Waals surface area contributed by atoms with Crippen LogP contribution in [-0.4, -0.2) is 0 Å². The molecule has 0 spiro atoms. The first-order valence-corrected chi connectivity index (χ1v) is 5.00. The molecule has 0 heterocycles. The summed E-state index contributed by atoms with van der Waals surface area (Å²) in [6.45, 7) is 1.80. The van der Waals surface area contributed by atoms with Crippen molar-refractivity contribution in [2.24, 2.45) is 0 Å². The highest BCUT2D eigenvalue weighted by molar-refractivity contribution is 5.42. The summed E-state index contributed by atoms with van der Waals surface area (Å²) in [4.78, 5) is 5.36. The second-order valence-electron chi connectivity index (χ2n) is 3.48. The second-order valence-corrected chi connectivity index (χ2v) is 3.48. The Morgan fingerprint density at radius 2 is 1.81 bits per heavy atom. The van der Waals surface area contributed by atoms with Crippen LogP contribution in [0.25, 0.3) is 0 Å². The molecule has 0 fully saturated rings. The first kappa shape index (κ1) is 10.5. The Hall–Kier alpha value is -2.03. The molecular formula is C13H12FNO. The molecule has 1 N–H and O–H groups in total. The van der Waals surface area contributed by atoms with Crippen molar-refractivity contribution in [3.05, 3.63) is 59.9 Å². The zero-order valence-corrected chi connectivity index (χ0v) is 8.91. The van der Waals surface area contributed by atoms with Gasteiger partial charge in [0.1, 0.15) is 5.82 Å². The summed E-state index contributed by atoms with van der Waals surface area (Å²) in [6.07, 6.45) is 0. The Bertz CT molecular complexity index is 471. The van der Waals surface area contributed by atoms with Gasteiger partial charge in [0.05, 0.1) is 5.69 Å². The predicted octanol–water partition coefficient (Wildman–Crippen LogP) is 3.54. The fourth-order valence-corrected chi connectivity index (χ4v) is 1.35. The number of nitrogens with one attached hydrogen (secondary N) is 1. The third-order valence-electron chi connectivity index (χ3n) is 2.19. The lowest BCUT2D eigenvalue weighted by atomic mass is 10.2. The van der Waals surface area contributed by atoms with E-state index >= 15 is 0 Å². The number of anilines is 1. The number of para-hydroxylation sites is 1. The molecule has 0 saturated heterocycles. The lowest BCUT2D eigenvalue weighted by Crippen LogP contribution is -2.05. The van der Waals surface area contributed by atoms with Gasteiger partial charge in [-0.15, -0.1) is 0 Å². The number of hydrogen-bond donors (Lipinski definition) is 1. The molecule has 0 saturated carbocycles. The molecule has 0 amide bonds. The Morgan fingerprint density at radius 3 is 2.50 bits per heavy atom. The lowest BCUT2D eigenvalue weighted by molar-refractivity contribution is 0.401. The fourth-order valence-electron chi connectivity index (χ4n) is 1.35. The van der Waals surface area contributed by atoms with Crippen molar-refractivity contribution in [3.63, 3.8) is 0 Å². The summed E-state index contributed by atoms with van der Waals surface area (Å²) in [5.41, 5.74) is 4.40. The van der Waals surface area contributed by atoms with Gasteiger partial charge in [-0.1, -0.05) is 18.2 Å². The quantitative estimate of drug-likeness (QED) is 0.794. The van der Waals surface area contributed by atoms with Crippen LogP contribution in [0.2, 0.25) is 0 Å². The molecule has 2 aromatic rings. The van der Waals surface area contributed by atoms with Gasteiger partial charge in [-0.25, -0.2) is 9.87 Å². The molecule has 0 radical (unpaired) electrons. The van der Waals surface area contributed by atoms with E-state index in [1.807, 2.05) is 30.3 Å². The maximum absolute atomic E-state index is 12.8. The van der Waals surface area contributed by atoms with E-state index in [2.05, 4.69) is 5.48 Å². The minimum atomic E-state index is -0.260. The van der Waals surface area contributed by atoms with Crippen LogP contribution >= 0.6 is 0 Å². The van der Waals surface area contributed by atoms with Gasteiger partial charge in [0.15, 0.2) is 5.75 Å². The van der Waals surface area contributed by atoms with E-state index in [1.165, 1.54) is 12.1 Å². The van der Waals surface area contributed by atoms with Gasteiger partial charge in [-0.3, -0.25) is 0 Å². The number of aryl methyl sites for hydroxylation is 1. The van der Waals surface area contributed by atoms with E-state index in [0.29, 0.717) is 5.75 Å². The molecule has 82 valence electrons. The third-order valence-corrected chi connectivity index (χ3v) is 2.19. The van der Waals surface area contributed by atoms with Crippen LogP contribution in [-0.2, 0) is 0 Å². The molecule has 2 nitrogen and oxygen atoms in total. The van der Waals surface area contributed by atoms with Gasteiger partial charge in [-0.2, -0.15) is 0 Å². The van der Waals surface area contributed by atoms with Gasteiger partial charge in [0, 0.05) is 0 Å². The lowest BCUT2D eigenvalue weighted by Gasteiger charge is -2.09. The summed E-state index contributed by atoms with van der Waals surface area (Å²) in [6, 6.07) is 13.9. The van der Waals surface area contributed by atoms with Crippen molar-refractivity contribution < 1.29 is 9.23 Å². The Balaban J connectivity index is 2.05. The maximum atomic E-state index is 12.8. The topological polar surface area (TPSA) is 21.3 Å². The zero-order valence-electron chi connectivity index (χ0n) is 8.91. The molecule has 2 rings (SSSR count). The summed E-state index contributed by atoms with van der Waals surface area (Å²) in [7, 11) is 0. The Labute approximate surface area is 93.6 Å². The summed E-state index contributed by atoms with van der Waals surface area (Å²) in [5, 5.41) is 0. The summed E-state index contributed by atoms with van der Waals surface area (Å²) in [5.74, 6) is 0.356. The van der Waals surface area contributed by atoms with E-state index in [4.69, 9.17) is 4.84 Å². The van der Waals surface area contributed by atoms with E-state index in [1.54, 1.807) is 13.0 Å². The molecular weight excluding hydrogens is 205 g/mol. The van der Waals surface area contributed by atoms with Crippen molar-refractivity contribution in [3.8, 4) is 5.75 Å². The SMILES string of the molecule is Cc1cc(F)ccc1ONc1ccccc1. The van der Waals surface area contributed by atoms with Crippen LogP contribution in [0.1, 0.15) is 5.56 Å². The smallest absolute Gasteiger partial charge is 0.158 e. The molecule has 3 heteroatoms. The van der Waals surface area contributed by atoms with Crippen LogP contribution in [0, 0.1) is 12.7 Å². The first-order valence-electron chi connectivity index (χ1n) is 5.00. The highest BCUT2D eigenvalue weighted by Gasteiger charge is 2.01. The zero-order chi connectivity index (χ0) is 11.4. The second kappa shape index (κ2) is 4.66. The molecule has 0 aliphatic carbocycles. The highest BCUT2D eigenvalue weighted by atomic mass is 19.1. The fraction of sp³-hybridized carbons (Fsp3) is 0.0769. The van der Waals surface area contributed by atoms with Crippen molar-refractivity contribution in [2.75, 3.05) is 5.48 Å². The summed E-state index contributed by atoms with van der Waals surface area (Å²) >= 11 is 0. The van der Waals surface area contributed by atoms with Crippen LogP contribution in [0.5, 0.6) is 5.75 Å². The average molecular weight is 217 g/mol. The van der Waals surface area contributed by atoms with Crippen LogP contribution < -0.4 is 10.3 Å². The van der Waals surface area contributed by atoms with E-state index < -0.39 is 0 Å². The van der Waals surface area contributed by atoms with E-state index in [-0.39, 0.29) is 5.82 Å². The third kappa shape index (κ3) is 2.51. The van der Waals surface area contributed by atoms with Crippen LogP contribution in [0.15, 0.2) is 48.5 Å². The Morgan fingerprint density at radius 1 is 1.06 bits per heavy atom. The molecule has 2 aromatic carbocycles. The molecule has 0 aliphatic rings. The minimum Gasteiger partial charge on any atom is -0.382 e. The molecule has 0 atom stereocenters. The van der Waals surface area contributed by atoms with Gasteiger partial charge < -0.3 is 4.84 Å². The van der Waals surface area contributed by atoms with Gasteiger partial charge in [0.2, 0.25) is 0 Å². The number of benzene rings is 2. The van der Waals surface area contributed by atoms with Gasteiger partial charge in [0.25, 0.3) is 0 Å². The number of rotatable bonds is 3. The van der Waals surface area contributed by atoms with Gasteiger partial charge in [-0.05, 0) is 42.8 Å². The first-order chi connectivity index (χ1) is 7.75. The highest BCUT2D eigenvalue weighted by Crippen LogP contribution is 2.19.